The molecule has 1 rings (SSSR count). The number of hydrogen-bond acceptors (Lipinski definition) is 10. The van der Waals surface area contributed by atoms with Gasteiger partial charge in [0.2, 0.25) is 5.91 Å². The summed E-state index contributed by atoms with van der Waals surface area (Å²) in [6, 6.07) is -1.04. The number of aliphatic hydroxyl groups excluding tert-OH is 5. The molecule has 0 radical (unpaired) electrons. The van der Waals surface area contributed by atoms with E-state index in [9.17, 15) is 35.1 Å². The van der Waals surface area contributed by atoms with E-state index in [4.69, 9.17) is 14.2 Å². The van der Waals surface area contributed by atoms with Crippen molar-refractivity contribution in [1.29, 1.82) is 0 Å². The van der Waals surface area contributed by atoms with Crippen molar-refractivity contribution >= 4 is 11.9 Å². The van der Waals surface area contributed by atoms with Crippen molar-refractivity contribution < 1.29 is 49.3 Å². The highest BCUT2D eigenvalue weighted by molar-refractivity contribution is 5.80. The van der Waals surface area contributed by atoms with Gasteiger partial charge in [-0.1, -0.05) is 241 Å². The Morgan fingerprint density at radius 2 is 1.03 bits per heavy atom. The predicted molar refractivity (Wildman–Crippen MR) is 306 cm³/mol. The molecular formula is C63H109NO10. The molecule has 426 valence electrons. The lowest BCUT2D eigenvalue weighted by Gasteiger charge is -2.41. The van der Waals surface area contributed by atoms with Gasteiger partial charge in [0.25, 0.3) is 0 Å². The Morgan fingerprint density at radius 3 is 1.59 bits per heavy atom. The fraction of sp³-hybridized carbons (Fsp3) is 0.746. The molecule has 1 amide bonds. The number of ether oxygens (including phenoxy) is 3. The summed E-state index contributed by atoms with van der Waals surface area (Å²) in [5.74, 6) is -1.24. The number of esters is 1. The first-order valence-corrected chi connectivity index (χ1v) is 29.9. The van der Waals surface area contributed by atoms with Gasteiger partial charge in [-0.25, -0.2) is 0 Å². The Labute approximate surface area is 451 Å². The van der Waals surface area contributed by atoms with E-state index in [1.807, 2.05) is 42.5 Å². The molecule has 11 heteroatoms. The summed E-state index contributed by atoms with van der Waals surface area (Å²) in [6.45, 7) is 5.59. The molecule has 0 saturated carbocycles. The molecule has 11 nitrogen and oxygen atoms in total. The first-order valence-electron chi connectivity index (χ1n) is 29.9. The van der Waals surface area contributed by atoms with Crippen LogP contribution in [-0.4, -0.2) is 99.6 Å². The minimum Gasteiger partial charge on any atom is -0.454 e. The molecule has 8 unspecified atom stereocenters. The van der Waals surface area contributed by atoms with Crippen LogP contribution in [0.15, 0.2) is 85.1 Å². The lowest BCUT2D eigenvalue weighted by molar-refractivity contribution is -0.305. The number of carbonyl (C=O) groups is 2. The first kappa shape index (κ1) is 68.9. The second kappa shape index (κ2) is 50.6. The van der Waals surface area contributed by atoms with E-state index >= 15 is 0 Å². The summed E-state index contributed by atoms with van der Waals surface area (Å²) >= 11 is 0. The molecule has 74 heavy (non-hydrogen) atoms. The summed E-state index contributed by atoms with van der Waals surface area (Å²) in [5.41, 5.74) is 0. The van der Waals surface area contributed by atoms with Crippen LogP contribution in [0.25, 0.3) is 0 Å². The molecule has 0 aromatic carbocycles. The number of rotatable bonds is 49. The molecule has 1 aliphatic heterocycles. The number of nitrogens with one attached hydrogen (secondary N) is 1. The summed E-state index contributed by atoms with van der Waals surface area (Å²) in [7, 11) is 0. The number of carbonyl (C=O) groups excluding carboxylic acids is 2. The van der Waals surface area contributed by atoms with E-state index in [2.05, 4.69) is 62.5 Å². The average Bonchev–Trinajstić information content (AvgIpc) is 3.40. The van der Waals surface area contributed by atoms with Gasteiger partial charge in [-0.2, -0.15) is 0 Å². The van der Waals surface area contributed by atoms with Crippen LogP contribution in [0, 0.1) is 0 Å². The number of allylic oxidation sites excluding steroid dienone is 13. The maximum atomic E-state index is 13.4. The minimum absolute atomic E-state index is 0.0742. The topological polar surface area (TPSA) is 175 Å². The van der Waals surface area contributed by atoms with Crippen LogP contribution in [0.2, 0.25) is 0 Å². The summed E-state index contributed by atoms with van der Waals surface area (Å²) in [6.07, 6.45) is 54.8. The van der Waals surface area contributed by atoms with E-state index < -0.39 is 67.4 Å². The second-order valence-corrected chi connectivity index (χ2v) is 20.4. The molecule has 6 N–H and O–H groups in total. The van der Waals surface area contributed by atoms with Gasteiger partial charge in [-0.05, 0) is 77.0 Å². The summed E-state index contributed by atoms with van der Waals surface area (Å²) in [4.78, 5) is 26.5. The Balaban J connectivity index is 2.70. The number of aliphatic hydroxyl groups is 5. The fourth-order valence-corrected chi connectivity index (χ4v) is 8.87. The van der Waals surface area contributed by atoms with Crippen LogP contribution in [-0.2, 0) is 23.8 Å². The third-order valence-corrected chi connectivity index (χ3v) is 13.6. The number of hydrogen-bond donors (Lipinski definition) is 6. The van der Waals surface area contributed by atoms with Crippen LogP contribution < -0.4 is 5.32 Å². The van der Waals surface area contributed by atoms with Gasteiger partial charge >= 0.3 is 5.97 Å². The lowest BCUT2D eigenvalue weighted by atomic mass is 9.99. The van der Waals surface area contributed by atoms with Gasteiger partial charge in [-0.15, -0.1) is 0 Å². The highest BCUT2D eigenvalue weighted by Gasteiger charge is 2.47. The molecule has 1 fully saturated rings. The van der Waals surface area contributed by atoms with Crippen molar-refractivity contribution in [2.24, 2.45) is 0 Å². The Kier molecular flexibility index (Phi) is 47.1. The number of unbranched alkanes of at least 4 members (excludes halogenated alkanes) is 26. The Hall–Kier alpha value is -3.16. The summed E-state index contributed by atoms with van der Waals surface area (Å²) < 4.78 is 17.5. The quantitative estimate of drug-likeness (QED) is 0.0149. The molecule has 1 heterocycles. The highest BCUT2D eigenvalue weighted by Crippen LogP contribution is 2.26. The van der Waals surface area contributed by atoms with Gasteiger partial charge < -0.3 is 45.1 Å². The van der Waals surface area contributed by atoms with Crippen LogP contribution in [0.1, 0.15) is 239 Å². The maximum Gasteiger partial charge on any atom is 0.306 e. The molecule has 0 bridgehead atoms. The van der Waals surface area contributed by atoms with Gasteiger partial charge in [0, 0.05) is 6.42 Å². The van der Waals surface area contributed by atoms with E-state index in [1.54, 1.807) is 6.08 Å². The Morgan fingerprint density at radius 1 is 0.554 bits per heavy atom. The molecule has 0 aromatic rings. The van der Waals surface area contributed by atoms with Crippen LogP contribution >= 0.6 is 0 Å². The normalized spacial score (nSPS) is 19.9. The van der Waals surface area contributed by atoms with Gasteiger partial charge in [0.1, 0.15) is 24.4 Å². The molecule has 8 atom stereocenters. The fourth-order valence-electron chi connectivity index (χ4n) is 8.87. The third kappa shape index (κ3) is 38.4. The molecule has 0 aromatic heterocycles. The van der Waals surface area contributed by atoms with Crippen molar-refractivity contribution in [3.8, 4) is 0 Å². The van der Waals surface area contributed by atoms with E-state index in [0.717, 1.165) is 77.0 Å². The van der Waals surface area contributed by atoms with Crippen molar-refractivity contribution in [2.45, 2.75) is 288 Å². The zero-order valence-electron chi connectivity index (χ0n) is 46.9. The monoisotopic (exact) mass is 1040 g/mol. The van der Waals surface area contributed by atoms with Crippen molar-refractivity contribution in [3.63, 3.8) is 0 Å². The third-order valence-electron chi connectivity index (χ3n) is 13.6. The van der Waals surface area contributed by atoms with Crippen LogP contribution in [0.3, 0.4) is 0 Å². The minimum atomic E-state index is -1.63. The lowest BCUT2D eigenvalue weighted by Crippen LogP contribution is -2.61. The number of amides is 1. The van der Waals surface area contributed by atoms with Crippen molar-refractivity contribution in [2.75, 3.05) is 13.2 Å². The van der Waals surface area contributed by atoms with Crippen LogP contribution in [0.4, 0.5) is 0 Å². The van der Waals surface area contributed by atoms with Crippen molar-refractivity contribution in [3.05, 3.63) is 85.1 Å². The smallest absolute Gasteiger partial charge is 0.306 e. The molecular weight excluding hydrogens is 931 g/mol. The highest BCUT2D eigenvalue weighted by atomic mass is 16.7. The van der Waals surface area contributed by atoms with E-state index in [0.29, 0.717) is 12.8 Å². The largest absolute Gasteiger partial charge is 0.454 e. The average molecular weight is 1040 g/mol. The van der Waals surface area contributed by atoms with Crippen molar-refractivity contribution in [1.82, 2.24) is 5.32 Å². The second-order valence-electron chi connectivity index (χ2n) is 20.4. The van der Waals surface area contributed by atoms with E-state index in [-0.39, 0.29) is 19.4 Å². The first-order chi connectivity index (χ1) is 36.2. The SMILES string of the molecule is CC/C=C/C=C/C=C\C=C/CCCCCC(=O)OC1C(OCC(NC(=O)C(O)CCCCCCCCCCCC/C=C\C/C=C\CCCCC)C(O)/C=C/CCCCCCCCCCCC)OC(CO)C(O)C1O. The summed E-state index contributed by atoms with van der Waals surface area (Å²) in [5, 5.41) is 56.9. The van der Waals surface area contributed by atoms with Gasteiger partial charge in [0.05, 0.1) is 25.4 Å². The zero-order valence-corrected chi connectivity index (χ0v) is 46.9. The zero-order chi connectivity index (χ0) is 54.0. The van der Waals surface area contributed by atoms with Gasteiger partial charge in [0.15, 0.2) is 12.4 Å². The van der Waals surface area contributed by atoms with Crippen LogP contribution in [0.5, 0.6) is 0 Å². The molecule has 0 aliphatic carbocycles. The maximum absolute atomic E-state index is 13.4. The van der Waals surface area contributed by atoms with E-state index in [1.165, 1.54) is 116 Å². The predicted octanol–water partition coefficient (Wildman–Crippen LogP) is 13.8. The van der Waals surface area contributed by atoms with Gasteiger partial charge in [-0.3, -0.25) is 9.59 Å². The Bertz CT molecular complexity index is 1520. The molecule has 1 saturated heterocycles. The molecule has 0 spiro atoms. The molecule has 1 aliphatic rings. The standard InChI is InChI=1S/C63H109NO10/c1-4-7-10-13-16-19-22-25-26-27-28-29-30-31-33-35-38-41-44-47-50-56(67)62(71)64-54(55(66)49-46-43-40-37-34-24-21-18-15-12-9-6-3)53-72-63-61(60(70)59(69)57(52-65)73-63)74-58(68)51-48-45-42-39-36-32-23-20-17-14-11-8-5-2/h8,11,14,16-17,19-20,23,25-26,32,36,46,49,54-57,59-61,63,65-67,69-70H,4-7,9-10,12-13,15,18,21-22,24,27-31,33-35,37-45,47-48,50-53H2,1-3H3,(H,64,71)/b11-8+,17-14+,19-16-,23-20-,26-25-,36-32-,49-46+.